The predicted molar refractivity (Wildman–Crippen MR) is 68.7 cm³/mol. The van der Waals surface area contributed by atoms with E-state index in [0.717, 1.165) is 25.0 Å². The minimum Gasteiger partial charge on any atom is -0.383 e. The van der Waals surface area contributed by atoms with Gasteiger partial charge in [-0.3, -0.25) is 4.90 Å². The summed E-state index contributed by atoms with van der Waals surface area (Å²) in [5, 5.41) is 3.48. The molecule has 1 heterocycles. The first kappa shape index (κ1) is 13.9. The minimum atomic E-state index is 0.669. The summed E-state index contributed by atoms with van der Waals surface area (Å²) in [6.07, 6.45) is 1.22. The smallest absolute Gasteiger partial charge is 0.0589 e. The van der Waals surface area contributed by atoms with Crippen molar-refractivity contribution in [2.75, 3.05) is 39.9 Å². The minimum absolute atomic E-state index is 0.669. The summed E-state index contributed by atoms with van der Waals surface area (Å²) in [6, 6.07) is 0.669. The van der Waals surface area contributed by atoms with Gasteiger partial charge in [-0.25, -0.2) is 0 Å². The van der Waals surface area contributed by atoms with Crippen LogP contribution in [0.4, 0.5) is 0 Å². The van der Waals surface area contributed by atoms with Gasteiger partial charge in [-0.05, 0) is 38.3 Å². The van der Waals surface area contributed by atoms with E-state index in [4.69, 9.17) is 4.74 Å². The maximum atomic E-state index is 5.20. The number of ether oxygens (including phenoxy) is 1. The molecule has 1 unspecified atom stereocenters. The molecule has 0 radical (unpaired) electrons. The number of rotatable bonds is 7. The van der Waals surface area contributed by atoms with E-state index in [-0.39, 0.29) is 0 Å². The van der Waals surface area contributed by atoms with Gasteiger partial charge in [0.1, 0.15) is 0 Å². The molecule has 0 saturated carbocycles. The SMILES string of the molecule is CCC(C)N(CCOC)C[C@@H]1CNC[C@H]1C. The zero-order valence-corrected chi connectivity index (χ0v) is 11.3. The lowest BCUT2D eigenvalue weighted by Crippen LogP contribution is -2.40. The fraction of sp³-hybridized carbons (Fsp3) is 1.00. The van der Waals surface area contributed by atoms with Crippen LogP contribution in [-0.4, -0.2) is 50.8 Å². The van der Waals surface area contributed by atoms with Crippen molar-refractivity contribution in [3.8, 4) is 0 Å². The Balaban J connectivity index is 2.41. The molecular weight excluding hydrogens is 200 g/mol. The fourth-order valence-electron chi connectivity index (χ4n) is 2.37. The Labute approximate surface area is 101 Å². The first-order chi connectivity index (χ1) is 7.69. The van der Waals surface area contributed by atoms with E-state index in [9.17, 15) is 0 Å². The van der Waals surface area contributed by atoms with Crippen molar-refractivity contribution in [2.24, 2.45) is 11.8 Å². The zero-order chi connectivity index (χ0) is 12.0. The summed E-state index contributed by atoms with van der Waals surface area (Å²) in [5.41, 5.74) is 0. The second kappa shape index (κ2) is 7.25. The molecule has 3 atom stereocenters. The molecule has 1 saturated heterocycles. The molecular formula is C13H28N2O. The maximum absolute atomic E-state index is 5.20. The Hall–Kier alpha value is -0.120. The normalized spacial score (nSPS) is 27.6. The molecule has 96 valence electrons. The number of methoxy groups -OCH3 is 1. The van der Waals surface area contributed by atoms with E-state index in [1.165, 1.54) is 26.1 Å². The molecule has 0 aromatic carbocycles. The van der Waals surface area contributed by atoms with Crippen molar-refractivity contribution in [2.45, 2.75) is 33.2 Å². The van der Waals surface area contributed by atoms with Gasteiger partial charge in [0.25, 0.3) is 0 Å². The molecule has 0 aliphatic carbocycles. The topological polar surface area (TPSA) is 24.5 Å². The lowest BCUT2D eigenvalue weighted by molar-refractivity contribution is 0.106. The van der Waals surface area contributed by atoms with Crippen LogP contribution < -0.4 is 5.32 Å². The van der Waals surface area contributed by atoms with Crippen LogP contribution in [0.2, 0.25) is 0 Å². The third-order valence-corrected chi connectivity index (χ3v) is 3.94. The molecule has 1 fully saturated rings. The Bertz CT molecular complexity index is 187. The fourth-order valence-corrected chi connectivity index (χ4v) is 2.37. The summed E-state index contributed by atoms with van der Waals surface area (Å²) >= 11 is 0. The molecule has 1 aliphatic heterocycles. The number of hydrogen-bond acceptors (Lipinski definition) is 3. The number of hydrogen-bond donors (Lipinski definition) is 1. The molecule has 0 spiro atoms. The van der Waals surface area contributed by atoms with Crippen LogP contribution in [0, 0.1) is 11.8 Å². The monoisotopic (exact) mass is 228 g/mol. The first-order valence-electron chi connectivity index (χ1n) is 6.62. The van der Waals surface area contributed by atoms with Crippen molar-refractivity contribution < 1.29 is 4.74 Å². The van der Waals surface area contributed by atoms with Crippen LogP contribution in [0.3, 0.4) is 0 Å². The van der Waals surface area contributed by atoms with Crippen molar-refractivity contribution in [1.29, 1.82) is 0 Å². The van der Waals surface area contributed by atoms with Crippen LogP contribution in [0.25, 0.3) is 0 Å². The summed E-state index contributed by atoms with van der Waals surface area (Å²) < 4.78 is 5.20. The van der Waals surface area contributed by atoms with Gasteiger partial charge < -0.3 is 10.1 Å². The van der Waals surface area contributed by atoms with Crippen LogP contribution in [0.15, 0.2) is 0 Å². The Morgan fingerprint density at radius 2 is 2.19 bits per heavy atom. The Kier molecular flexibility index (Phi) is 6.32. The lowest BCUT2D eigenvalue weighted by Gasteiger charge is -2.31. The second-order valence-electron chi connectivity index (χ2n) is 5.14. The first-order valence-corrected chi connectivity index (χ1v) is 6.62. The van der Waals surface area contributed by atoms with Gasteiger partial charge in [-0.1, -0.05) is 13.8 Å². The number of nitrogens with zero attached hydrogens (tertiary/aromatic N) is 1. The van der Waals surface area contributed by atoms with Gasteiger partial charge in [-0.15, -0.1) is 0 Å². The molecule has 0 aromatic heterocycles. The standard InChI is InChI=1S/C13H28N2O/c1-5-12(3)15(6-7-16-4)10-13-9-14-8-11(13)2/h11-14H,5-10H2,1-4H3/t11-,12?,13+/m1/s1. The quantitative estimate of drug-likeness (QED) is 0.716. The zero-order valence-electron chi connectivity index (χ0n) is 11.3. The molecule has 0 amide bonds. The second-order valence-corrected chi connectivity index (χ2v) is 5.14. The van der Waals surface area contributed by atoms with Gasteiger partial charge in [-0.2, -0.15) is 0 Å². The van der Waals surface area contributed by atoms with Crippen LogP contribution >= 0.6 is 0 Å². The van der Waals surface area contributed by atoms with Crippen molar-refractivity contribution in [1.82, 2.24) is 10.2 Å². The van der Waals surface area contributed by atoms with Crippen LogP contribution in [-0.2, 0) is 4.74 Å². The summed E-state index contributed by atoms with van der Waals surface area (Å²) in [7, 11) is 1.79. The van der Waals surface area contributed by atoms with Crippen LogP contribution in [0.5, 0.6) is 0 Å². The highest BCUT2D eigenvalue weighted by molar-refractivity contribution is 4.82. The highest BCUT2D eigenvalue weighted by Crippen LogP contribution is 2.18. The average Bonchev–Trinajstić information content (AvgIpc) is 2.69. The van der Waals surface area contributed by atoms with E-state index in [0.29, 0.717) is 6.04 Å². The molecule has 3 heteroatoms. The largest absolute Gasteiger partial charge is 0.383 e. The van der Waals surface area contributed by atoms with E-state index in [1.807, 2.05) is 0 Å². The molecule has 1 rings (SSSR count). The van der Waals surface area contributed by atoms with Crippen molar-refractivity contribution in [3.05, 3.63) is 0 Å². The summed E-state index contributed by atoms with van der Waals surface area (Å²) in [5.74, 6) is 1.62. The number of nitrogens with one attached hydrogen (secondary N) is 1. The van der Waals surface area contributed by atoms with E-state index >= 15 is 0 Å². The molecule has 0 aromatic rings. The van der Waals surface area contributed by atoms with Gasteiger partial charge in [0, 0.05) is 26.2 Å². The van der Waals surface area contributed by atoms with Crippen molar-refractivity contribution in [3.63, 3.8) is 0 Å². The molecule has 0 bridgehead atoms. The van der Waals surface area contributed by atoms with Gasteiger partial charge in [0.15, 0.2) is 0 Å². The van der Waals surface area contributed by atoms with E-state index in [2.05, 4.69) is 31.0 Å². The Morgan fingerprint density at radius 3 is 2.69 bits per heavy atom. The van der Waals surface area contributed by atoms with E-state index in [1.54, 1.807) is 7.11 Å². The molecule has 1 aliphatic rings. The molecule has 1 N–H and O–H groups in total. The van der Waals surface area contributed by atoms with Gasteiger partial charge in [0.2, 0.25) is 0 Å². The third-order valence-electron chi connectivity index (χ3n) is 3.94. The predicted octanol–water partition coefficient (Wildman–Crippen LogP) is 1.59. The molecule has 16 heavy (non-hydrogen) atoms. The van der Waals surface area contributed by atoms with E-state index < -0.39 is 0 Å². The van der Waals surface area contributed by atoms with Gasteiger partial charge in [0.05, 0.1) is 6.61 Å². The third kappa shape index (κ3) is 4.04. The van der Waals surface area contributed by atoms with Gasteiger partial charge >= 0.3 is 0 Å². The highest BCUT2D eigenvalue weighted by atomic mass is 16.5. The summed E-state index contributed by atoms with van der Waals surface area (Å²) in [6.45, 7) is 12.4. The highest BCUT2D eigenvalue weighted by Gasteiger charge is 2.26. The maximum Gasteiger partial charge on any atom is 0.0589 e. The Morgan fingerprint density at radius 1 is 1.44 bits per heavy atom. The van der Waals surface area contributed by atoms with Crippen molar-refractivity contribution >= 4 is 0 Å². The van der Waals surface area contributed by atoms with Crippen LogP contribution in [0.1, 0.15) is 27.2 Å². The lowest BCUT2D eigenvalue weighted by atomic mass is 9.97. The average molecular weight is 228 g/mol. The summed E-state index contributed by atoms with van der Waals surface area (Å²) in [4.78, 5) is 2.58. The molecule has 3 nitrogen and oxygen atoms in total.